The smallest absolute Gasteiger partial charge is 0.234 e. The van der Waals surface area contributed by atoms with Crippen LogP contribution < -0.4 is 5.32 Å². The minimum Gasteiger partial charge on any atom is -0.390 e. The van der Waals surface area contributed by atoms with Gasteiger partial charge in [0, 0.05) is 19.1 Å². The number of likely N-dealkylation sites (tertiary alicyclic amines) is 1. The topological polar surface area (TPSA) is 86.7 Å². The molecule has 2 N–H and O–H groups in total. The number of hydrogen-bond donors (Lipinski definition) is 2. The largest absolute Gasteiger partial charge is 0.390 e. The predicted molar refractivity (Wildman–Crippen MR) is 71.5 cm³/mol. The molecule has 1 atom stereocenters. The zero-order chi connectivity index (χ0) is 14.1. The van der Waals surface area contributed by atoms with Crippen LogP contribution in [0.2, 0.25) is 0 Å². The molecule has 1 amide bonds. The molecule has 2 fully saturated rings. The Morgan fingerprint density at radius 1 is 1.42 bits per heavy atom. The number of aliphatic hydroxyl groups is 1. The number of carbonyl (C=O) groups excluding carboxylic acids is 1. The van der Waals surface area contributed by atoms with E-state index in [9.17, 15) is 18.3 Å². The summed E-state index contributed by atoms with van der Waals surface area (Å²) in [6.45, 7) is 3.49. The lowest BCUT2D eigenvalue weighted by Crippen LogP contribution is -2.48. The van der Waals surface area contributed by atoms with E-state index < -0.39 is 15.4 Å². The van der Waals surface area contributed by atoms with Crippen LogP contribution in [-0.4, -0.2) is 67.1 Å². The van der Waals surface area contributed by atoms with Crippen LogP contribution in [0.3, 0.4) is 0 Å². The Hall–Kier alpha value is -0.660. The van der Waals surface area contributed by atoms with Crippen LogP contribution in [0, 0.1) is 0 Å². The summed E-state index contributed by atoms with van der Waals surface area (Å²) in [5.41, 5.74) is -0.619. The average Bonchev–Trinajstić information content (AvgIpc) is 2.61. The molecule has 0 aromatic rings. The molecule has 1 unspecified atom stereocenters. The Morgan fingerprint density at radius 2 is 2.05 bits per heavy atom. The molecule has 0 saturated carbocycles. The predicted octanol–water partition coefficient (Wildman–Crippen LogP) is -0.863. The zero-order valence-electron chi connectivity index (χ0n) is 11.3. The van der Waals surface area contributed by atoms with Crippen molar-refractivity contribution >= 4 is 15.7 Å². The molecule has 2 saturated heterocycles. The van der Waals surface area contributed by atoms with Gasteiger partial charge < -0.3 is 10.4 Å². The van der Waals surface area contributed by atoms with Crippen molar-refractivity contribution in [3.05, 3.63) is 0 Å². The summed E-state index contributed by atoms with van der Waals surface area (Å²) in [5.74, 6) is 0.112. The summed E-state index contributed by atoms with van der Waals surface area (Å²) < 4.78 is 22.6. The average molecular weight is 290 g/mol. The zero-order valence-corrected chi connectivity index (χ0v) is 12.1. The molecule has 19 heavy (non-hydrogen) atoms. The number of piperidine rings is 1. The molecule has 2 heterocycles. The second kappa shape index (κ2) is 5.38. The van der Waals surface area contributed by atoms with E-state index >= 15 is 0 Å². The van der Waals surface area contributed by atoms with Crippen LogP contribution in [0.25, 0.3) is 0 Å². The molecule has 0 radical (unpaired) electrons. The Labute approximate surface area is 114 Å². The van der Waals surface area contributed by atoms with Crippen LogP contribution in [-0.2, 0) is 14.6 Å². The van der Waals surface area contributed by atoms with Crippen LogP contribution in [0.1, 0.15) is 26.2 Å². The van der Waals surface area contributed by atoms with Gasteiger partial charge in [0.05, 0.1) is 23.7 Å². The quantitative estimate of drug-likeness (QED) is 0.706. The van der Waals surface area contributed by atoms with Crippen molar-refractivity contribution in [1.82, 2.24) is 10.2 Å². The van der Waals surface area contributed by atoms with E-state index in [1.165, 1.54) is 0 Å². The van der Waals surface area contributed by atoms with Gasteiger partial charge in [-0.3, -0.25) is 9.69 Å². The number of nitrogens with one attached hydrogen (secondary N) is 1. The van der Waals surface area contributed by atoms with Gasteiger partial charge in [-0.25, -0.2) is 8.42 Å². The van der Waals surface area contributed by atoms with E-state index in [2.05, 4.69) is 5.32 Å². The van der Waals surface area contributed by atoms with E-state index in [0.717, 1.165) is 0 Å². The second-order valence-corrected chi connectivity index (χ2v) is 8.17. The van der Waals surface area contributed by atoms with Crippen molar-refractivity contribution in [3.8, 4) is 0 Å². The standard InChI is InChI=1S/C12H22N2O4S/c1-12(16)3-5-14(6-4-12)8-11(15)13-10-2-7-19(17,18)9-10/h10,16H,2-9H2,1H3,(H,13,15). The molecule has 0 spiro atoms. The maximum Gasteiger partial charge on any atom is 0.234 e. The monoisotopic (exact) mass is 290 g/mol. The number of sulfone groups is 1. The Bertz CT molecular complexity index is 437. The number of rotatable bonds is 3. The summed E-state index contributed by atoms with van der Waals surface area (Å²) in [6, 6.07) is -0.231. The molecular weight excluding hydrogens is 268 g/mol. The molecule has 2 aliphatic rings. The van der Waals surface area contributed by atoms with E-state index in [0.29, 0.717) is 32.4 Å². The first-order valence-electron chi connectivity index (χ1n) is 6.70. The minimum absolute atomic E-state index is 0.0629. The highest BCUT2D eigenvalue weighted by atomic mass is 32.2. The summed E-state index contributed by atoms with van der Waals surface area (Å²) in [5, 5.41) is 12.6. The molecule has 7 heteroatoms. The van der Waals surface area contributed by atoms with Crippen LogP contribution >= 0.6 is 0 Å². The SMILES string of the molecule is CC1(O)CCN(CC(=O)NC2CCS(=O)(=O)C2)CC1. The lowest BCUT2D eigenvalue weighted by atomic mass is 9.94. The summed E-state index contributed by atoms with van der Waals surface area (Å²) in [4.78, 5) is 13.8. The highest BCUT2D eigenvalue weighted by Gasteiger charge is 2.31. The van der Waals surface area contributed by atoms with Gasteiger partial charge in [-0.1, -0.05) is 0 Å². The fourth-order valence-corrected chi connectivity index (χ4v) is 4.25. The van der Waals surface area contributed by atoms with E-state index in [4.69, 9.17) is 0 Å². The maximum atomic E-state index is 11.8. The lowest BCUT2D eigenvalue weighted by molar-refractivity contribution is -0.123. The van der Waals surface area contributed by atoms with E-state index in [1.807, 2.05) is 11.8 Å². The van der Waals surface area contributed by atoms with Crippen LogP contribution in [0.15, 0.2) is 0 Å². The summed E-state index contributed by atoms with van der Waals surface area (Å²) >= 11 is 0. The molecular formula is C12H22N2O4S. The minimum atomic E-state index is -2.95. The van der Waals surface area contributed by atoms with Crippen molar-refractivity contribution in [1.29, 1.82) is 0 Å². The van der Waals surface area contributed by atoms with E-state index in [1.54, 1.807) is 0 Å². The first-order chi connectivity index (χ1) is 8.76. The fraction of sp³-hybridized carbons (Fsp3) is 0.917. The second-order valence-electron chi connectivity index (χ2n) is 5.94. The molecule has 0 aromatic heterocycles. The van der Waals surface area contributed by atoms with Gasteiger partial charge in [0.15, 0.2) is 9.84 Å². The fourth-order valence-electron chi connectivity index (χ4n) is 2.58. The molecule has 2 rings (SSSR count). The third-order valence-corrected chi connectivity index (χ3v) is 5.67. The first kappa shape index (κ1) is 14.7. The summed E-state index contributed by atoms with van der Waals surface area (Å²) in [7, 11) is -2.95. The molecule has 6 nitrogen and oxygen atoms in total. The number of amides is 1. The van der Waals surface area contributed by atoms with Gasteiger partial charge in [-0.2, -0.15) is 0 Å². The van der Waals surface area contributed by atoms with Gasteiger partial charge in [0.25, 0.3) is 0 Å². The summed E-state index contributed by atoms with van der Waals surface area (Å²) in [6.07, 6.45) is 1.85. The number of hydrogen-bond acceptors (Lipinski definition) is 5. The van der Waals surface area contributed by atoms with Crippen LogP contribution in [0.4, 0.5) is 0 Å². The van der Waals surface area contributed by atoms with E-state index in [-0.39, 0.29) is 30.0 Å². The number of carbonyl (C=O) groups is 1. The third kappa shape index (κ3) is 4.43. The highest BCUT2D eigenvalue weighted by Crippen LogP contribution is 2.20. The van der Waals surface area contributed by atoms with Crippen molar-refractivity contribution in [2.24, 2.45) is 0 Å². The molecule has 0 aromatic carbocycles. The lowest BCUT2D eigenvalue weighted by Gasteiger charge is -2.35. The molecule has 2 aliphatic heterocycles. The Morgan fingerprint density at radius 3 is 2.58 bits per heavy atom. The normalized spacial score (nSPS) is 30.1. The Kier molecular flexibility index (Phi) is 4.17. The van der Waals surface area contributed by atoms with Gasteiger partial charge in [0.2, 0.25) is 5.91 Å². The molecule has 110 valence electrons. The maximum absolute atomic E-state index is 11.8. The van der Waals surface area contributed by atoms with Gasteiger partial charge in [-0.15, -0.1) is 0 Å². The van der Waals surface area contributed by atoms with Gasteiger partial charge >= 0.3 is 0 Å². The van der Waals surface area contributed by atoms with Crippen LogP contribution in [0.5, 0.6) is 0 Å². The third-order valence-electron chi connectivity index (χ3n) is 3.90. The van der Waals surface area contributed by atoms with Gasteiger partial charge in [0.1, 0.15) is 0 Å². The van der Waals surface area contributed by atoms with Crippen molar-refractivity contribution in [3.63, 3.8) is 0 Å². The molecule has 0 aliphatic carbocycles. The number of nitrogens with zero attached hydrogens (tertiary/aromatic N) is 1. The Balaban J connectivity index is 1.74. The highest BCUT2D eigenvalue weighted by molar-refractivity contribution is 7.91. The first-order valence-corrected chi connectivity index (χ1v) is 8.52. The van der Waals surface area contributed by atoms with Crippen molar-refractivity contribution in [2.45, 2.75) is 37.8 Å². The molecule has 0 bridgehead atoms. The van der Waals surface area contributed by atoms with Crippen molar-refractivity contribution < 1.29 is 18.3 Å². The van der Waals surface area contributed by atoms with Gasteiger partial charge in [-0.05, 0) is 26.2 Å². The van der Waals surface area contributed by atoms with Crippen molar-refractivity contribution in [2.75, 3.05) is 31.1 Å².